The fourth-order valence-electron chi connectivity index (χ4n) is 9.34. The molecule has 0 spiro atoms. The molecule has 1 aromatic heterocycles. The molecule has 4 atom stereocenters. The van der Waals surface area contributed by atoms with Crippen LogP contribution in [-0.2, 0) is 26.1 Å². The summed E-state index contributed by atoms with van der Waals surface area (Å²) in [7, 11) is -1.29. The van der Waals surface area contributed by atoms with Gasteiger partial charge in [-0.3, -0.25) is 9.59 Å². The number of nitrogens with one attached hydrogen (secondary N) is 1. The maximum absolute atomic E-state index is 15.0. The molecule has 2 saturated carbocycles. The summed E-state index contributed by atoms with van der Waals surface area (Å²) in [5.74, 6) is -2.36. The van der Waals surface area contributed by atoms with E-state index in [0.29, 0.717) is 50.5 Å². The third-order valence-electron chi connectivity index (χ3n) is 11.5. The first-order valence-electron chi connectivity index (χ1n) is 17.3. The van der Waals surface area contributed by atoms with Crippen LogP contribution in [0.3, 0.4) is 0 Å². The lowest BCUT2D eigenvalue weighted by molar-refractivity contribution is -0.160. The summed E-state index contributed by atoms with van der Waals surface area (Å²) in [5.41, 5.74) is 3.97. The van der Waals surface area contributed by atoms with Crippen LogP contribution >= 0.6 is 0 Å². The van der Waals surface area contributed by atoms with Gasteiger partial charge in [0.15, 0.2) is 5.75 Å². The van der Waals surface area contributed by atoms with Gasteiger partial charge in [0.1, 0.15) is 5.75 Å². The highest BCUT2D eigenvalue weighted by molar-refractivity contribution is 7.90. The molecule has 2 saturated heterocycles. The third kappa shape index (κ3) is 5.67. The number of carbonyl (C=O) groups excluding carboxylic acids is 2. The molecule has 5 aliphatic rings. The molecule has 3 aliphatic heterocycles. The molecule has 3 unspecified atom stereocenters. The Labute approximate surface area is 288 Å². The normalized spacial score (nSPS) is 26.8. The minimum atomic E-state index is -5.00. The highest BCUT2D eigenvalue weighted by Gasteiger charge is 2.65. The number of sulfonamides is 1. The first-order valence-corrected chi connectivity index (χ1v) is 19.0. The first-order chi connectivity index (χ1) is 23.8. The minimum Gasteiger partial charge on any atom is -0.497 e. The number of rotatable bonds is 6. The Balaban J connectivity index is 1.29. The Morgan fingerprint density at radius 3 is 2.44 bits per heavy atom. The first kappa shape index (κ1) is 33.5. The van der Waals surface area contributed by atoms with Gasteiger partial charge < -0.3 is 23.8 Å². The molecular formula is C36H41F3N4O6S. The molecule has 3 aromatic rings. The molecule has 50 heavy (non-hydrogen) atoms. The second-order valence-corrected chi connectivity index (χ2v) is 16.6. The minimum absolute atomic E-state index is 0.0728. The second kappa shape index (κ2) is 12.0. The van der Waals surface area contributed by atoms with Gasteiger partial charge in [-0.2, -0.15) is 13.2 Å². The van der Waals surface area contributed by atoms with Gasteiger partial charge in [0.25, 0.3) is 5.91 Å². The van der Waals surface area contributed by atoms with Crippen molar-refractivity contribution in [2.24, 2.45) is 5.41 Å². The zero-order valence-electron chi connectivity index (χ0n) is 28.1. The number of morpholine rings is 1. The van der Waals surface area contributed by atoms with E-state index in [-0.39, 0.29) is 35.4 Å². The van der Waals surface area contributed by atoms with Crippen LogP contribution < -0.4 is 9.46 Å². The number of hydrogen-bond donors (Lipinski definition) is 1. The SMILES string of the molecule is COc1ccc2c(c1)C1CC1(C(=O)N1C3COC[C@@H]1CN(C)C3)Cn1c-2c(C2CCCCC2)c2ccc(C(=O)NS(=O)(=O)CC(F)(F)F)cc21. The lowest BCUT2D eigenvalue weighted by Crippen LogP contribution is -2.66. The number of aromatic nitrogens is 1. The van der Waals surface area contributed by atoms with E-state index in [1.54, 1.807) is 24.0 Å². The molecule has 2 aromatic carbocycles. The standard InChI is InChI=1S/C36H41F3N4O6S/c1-41-15-23-17-49-18-24(16-41)43(23)34(45)35-14-29(35)28-13-25(48-2)9-11-26(28)32-31(21-6-4-3-5-7-21)27-10-8-22(12-30(27)42(32)19-35)33(44)40-50(46,47)20-36(37,38)39/h8-13,21,23-24,29H,3-7,14-20H2,1-2H3,(H,40,44)/t23-,24?,29?,35?/m0/s1. The number of carbonyl (C=O) groups is 2. The van der Waals surface area contributed by atoms with Crippen LogP contribution in [-0.4, -0.2) is 99.1 Å². The van der Waals surface area contributed by atoms with E-state index in [4.69, 9.17) is 9.47 Å². The third-order valence-corrected chi connectivity index (χ3v) is 12.7. The number of alkyl halides is 3. The Morgan fingerprint density at radius 1 is 1.04 bits per heavy atom. The van der Waals surface area contributed by atoms with Crippen molar-refractivity contribution in [2.75, 3.05) is 46.2 Å². The van der Waals surface area contributed by atoms with Gasteiger partial charge in [-0.15, -0.1) is 0 Å². The van der Waals surface area contributed by atoms with E-state index in [1.807, 2.05) is 12.1 Å². The lowest BCUT2D eigenvalue weighted by atomic mass is 9.81. The molecule has 1 N–H and O–H groups in total. The number of piperazine rings is 1. The number of nitrogens with zero attached hydrogens (tertiary/aromatic N) is 3. The molecule has 14 heteroatoms. The fraction of sp³-hybridized carbons (Fsp3) is 0.556. The van der Waals surface area contributed by atoms with Crippen LogP contribution in [0.4, 0.5) is 13.2 Å². The molecule has 2 bridgehead atoms. The van der Waals surface area contributed by atoms with Gasteiger partial charge >= 0.3 is 6.18 Å². The summed E-state index contributed by atoms with van der Waals surface area (Å²) in [6, 6.07) is 10.7. The monoisotopic (exact) mass is 714 g/mol. The van der Waals surface area contributed by atoms with E-state index in [1.165, 1.54) is 6.07 Å². The summed E-state index contributed by atoms with van der Waals surface area (Å²) in [6.07, 6.45) is 0.877. The van der Waals surface area contributed by atoms with E-state index in [0.717, 1.165) is 59.9 Å². The van der Waals surface area contributed by atoms with E-state index in [2.05, 4.69) is 27.5 Å². The van der Waals surface area contributed by atoms with Gasteiger partial charge in [0, 0.05) is 47.6 Å². The summed E-state index contributed by atoms with van der Waals surface area (Å²) >= 11 is 0. The summed E-state index contributed by atoms with van der Waals surface area (Å²) < 4.78 is 78.8. The van der Waals surface area contributed by atoms with E-state index >= 15 is 4.79 Å². The van der Waals surface area contributed by atoms with Crippen LogP contribution in [0.5, 0.6) is 5.75 Å². The molecule has 10 nitrogen and oxygen atoms in total. The van der Waals surface area contributed by atoms with Crippen molar-refractivity contribution in [3.8, 4) is 17.0 Å². The number of fused-ring (bicyclic) bond motifs is 9. The number of likely N-dealkylation sites (N-methyl/N-ethyl adjacent to an activating group) is 1. The van der Waals surface area contributed by atoms with Gasteiger partial charge in [-0.05, 0) is 73.7 Å². The van der Waals surface area contributed by atoms with Crippen molar-refractivity contribution in [2.45, 2.75) is 75.2 Å². The maximum Gasteiger partial charge on any atom is 0.404 e. The molecule has 8 rings (SSSR count). The van der Waals surface area contributed by atoms with Crippen molar-refractivity contribution >= 4 is 32.7 Å². The lowest BCUT2D eigenvalue weighted by Gasteiger charge is -2.50. The van der Waals surface area contributed by atoms with Crippen LogP contribution in [0, 0.1) is 5.41 Å². The van der Waals surface area contributed by atoms with E-state index < -0.39 is 33.3 Å². The van der Waals surface area contributed by atoms with E-state index in [9.17, 15) is 26.4 Å². The second-order valence-electron chi connectivity index (χ2n) is 14.9. The average Bonchev–Trinajstić information content (AvgIpc) is 3.72. The van der Waals surface area contributed by atoms with Crippen LogP contribution in [0.25, 0.3) is 22.2 Å². The molecule has 2 amide bonds. The summed E-state index contributed by atoms with van der Waals surface area (Å²) in [5, 5.41) is 0.898. The highest BCUT2D eigenvalue weighted by atomic mass is 32.2. The van der Waals surface area contributed by atoms with Crippen molar-refractivity contribution < 1.29 is 40.7 Å². The number of methoxy groups -OCH3 is 1. The molecular weight excluding hydrogens is 673 g/mol. The molecule has 2 aliphatic carbocycles. The Morgan fingerprint density at radius 2 is 1.76 bits per heavy atom. The van der Waals surface area contributed by atoms with Gasteiger partial charge in [0.05, 0.1) is 43.5 Å². The van der Waals surface area contributed by atoms with Gasteiger partial charge in [-0.25, -0.2) is 13.1 Å². The molecule has 4 heterocycles. The van der Waals surface area contributed by atoms with Gasteiger partial charge in [-0.1, -0.05) is 25.3 Å². The van der Waals surface area contributed by atoms with Crippen molar-refractivity contribution in [1.29, 1.82) is 0 Å². The Bertz CT molecular complexity index is 1980. The largest absolute Gasteiger partial charge is 0.497 e. The average molecular weight is 715 g/mol. The summed E-state index contributed by atoms with van der Waals surface area (Å²) in [4.78, 5) is 32.6. The van der Waals surface area contributed by atoms with Gasteiger partial charge in [0.2, 0.25) is 15.9 Å². The summed E-state index contributed by atoms with van der Waals surface area (Å²) in [6.45, 7) is 2.71. The Kier molecular flexibility index (Phi) is 8.03. The number of halogens is 3. The zero-order chi connectivity index (χ0) is 35.2. The molecule has 0 radical (unpaired) electrons. The van der Waals surface area contributed by atoms with Crippen LogP contribution in [0.15, 0.2) is 36.4 Å². The smallest absolute Gasteiger partial charge is 0.404 e. The predicted octanol–water partition coefficient (Wildman–Crippen LogP) is 5.02. The van der Waals surface area contributed by atoms with Crippen LogP contribution in [0.1, 0.15) is 71.8 Å². The number of ether oxygens (including phenoxy) is 2. The van der Waals surface area contributed by atoms with Crippen molar-refractivity contribution in [3.63, 3.8) is 0 Å². The predicted molar refractivity (Wildman–Crippen MR) is 180 cm³/mol. The number of benzene rings is 2. The maximum atomic E-state index is 15.0. The van der Waals surface area contributed by atoms with Crippen molar-refractivity contribution in [1.82, 2.24) is 19.1 Å². The van der Waals surface area contributed by atoms with Crippen LogP contribution in [0.2, 0.25) is 0 Å². The quantitative estimate of drug-likeness (QED) is 0.382. The molecule has 4 fully saturated rings. The van der Waals surface area contributed by atoms with Crippen molar-refractivity contribution in [3.05, 3.63) is 53.1 Å². The zero-order valence-corrected chi connectivity index (χ0v) is 28.9. The molecule has 268 valence electrons. The topological polar surface area (TPSA) is 110 Å². The number of amides is 2. The fourth-order valence-corrected chi connectivity index (χ4v) is 10.2. The number of hydrogen-bond acceptors (Lipinski definition) is 7. The Hall–Kier alpha value is -3.62. The highest BCUT2D eigenvalue weighted by Crippen LogP contribution is 2.66.